The van der Waals surface area contributed by atoms with E-state index in [-0.39, 0.29) is 0 Å². The maximum atomic E-state index is 11.3. The van der Waals surface area contributed by atoms with Crippen LogP contribution in [0.3, 0.4) is 0 Å². The Morgan fingerprint density at radius 2 is 1.69 bits per heavy atom. The van der Waals surface area contributed by atoms with Gasteiger partial charge < -0.3 is 10.0 Å². The Kier molecular flexibility index (Phi) is 4.54. The highest BCUT2D eigenvalue weighted by Crippen LogP contribution is 2.22. The number of carboxylic acid groups (broad SMARTS) is 1. The van der Waals surface area contributed by atoms with Gasteiger partial charge in [0.1, 0.15) is 5.82 Å². The van der Waals surface area contributed by atoms with Crippen LogP contribution in [0.15, 0.2) is 60.7 Å². The number of aromatic nitrogens is 1. The lowest BCUT2D eigenvalue weighted by molar-refractivity contribution is 0.0699. The molecule has 1 aromatic heterocycles. The standard InChI is InChI=1S/C21H21N3O2/c25-21(26)18-7-4-8-19-17(18)9-10-20(22-19)24-13-11-23(12-14-24)15-16-5-2-1-3-6-16/h1-10H,11-15H2,(H,25,26). The van der Waals surface area contributed by atoms with Gasteiger partial charge in [0, 0.05) is 38.1 Å². The maximum Gasteiger partial charge on any atom is 0.336 e. The molecule has 1 fully saturated rings. The number of piperazine rings is 1. The van der Waals surface area contributed by atoms with Gasteiger partial charge in [0.2, 0.25) is 0 Å². The fourth-order valence-corrected chi connectivity index (χ4v) is 3.48. The number of anilines is 1. The maximum absolute atomic E-state index is 11.3. The number of hydrogen-bond donors (Lipinski definition) is 1. The first-order valence-electron chi connectivity index (χ1n) is 8.85. The number of carbonyl (C=O) groups is 1. The second kappa shape index (κ2) is 7.14. The van der Waals surface area contributed by atoms with Gasteiger partial charge in [0.15, 0.2) is 0 Å². The summed E-state index contributed by atoms with van der Waals surface area (Å²) in [6.07, 6.45) is 0. The van der Waals surface area contributed by atoms with Crippen LogP contribution in [0.25, 0.3) is 10.9 Å². The van der Waals surface area contributed by atoms with Crippen molar-refractivity contribution in [2.45, 2.75) is 6.54 Å². The van der Waals surface area contributed by atoms with Crippen molar-refractivity contribution in [3.05, 3.63) is 71.8 Å². The van der Waals surface area contributed by atoms with Crippen LogP contribution in [0.4, 0.5) is 5.82 Å². The number of benzene rings is 2. The minimum atomic E-state index is -0.917. The van der Waals surface area contributed by atoms with Gasteiger partial charge in [0.25, 0.3) is 0 Å². The molecule has 0 unspecified atom stereocenters. The third-order valence-electron chi connectivity index (χ3n) is 4.89. The van der Waals surface area contributed by atoms with E-state index in [1.54, 1.807) is 12.1 Å². The first-order valence-corrected chi connectivity index (χ1v) is 8.85. The van der Waals surface area contributed by atoms with Crippen molar-refractivity contribution in [1.82, 2.24) is 9.88 Å². The molecule has 0 aliphatic carbocycles. The van der Waals surface area contributed by atoms with Gasteiger partial charge in [-0.1, -0.05) is 36.4 Å². The highest BCUT2D eigenvalue weighted by Gasteiger charge is 2.19. The summed E-state index contributed by atoms with van der Waals surface area (Å²) in [4.78, 5) is 20.8. The fourth-order valence-electron chi connectivity index (χ4n) is 3.48. The molecule has 5 heteroatoms. The van der Waals surface area contributed by atoms with Gasteiger partial charge in [-0.3, -0.25) is 4.90 Å². The van der Waals surface area contributed by atoms with Crippen LogP contribution < -0.4 is 4.90 Å². The highest BCUT2D eigenvalue weighted by molar-refractivity contribution is 6.02. The van der Waals surface area contributed by atoms with Crippen LogP contribution in [-0.4, -0.2) is 47.1 Å². The van der Waals surface area contributed by atoms with E-state index in [1.165, 1.54) is 5.56 Å². The zero-order chi connectivity index (χ0) is 17.9. The van der Waals surface area contributed by atoms with Gasteiger partial charge in [-0.05, 0) is 29.8 Å². The molecule has 3 aromatic rings. The molecule has 1 aliphatic rings. The largest absolute Gasteiger partial charge is 0.478 e. The number of fused-ring (bicyclic) bond motifs is 1. The Morgan fingerprint density at radius 3 is 2.42 bits per heavy atom. The van der Waals surface area contributed by atoms with Gasteiger partial charge in [-0.25, -0.2) is 9.78 Å². The van der Waals surface area contributed by atoms with Gasteiger partial charge in [-0.2, -0.15) is 0 Å². The third-order valence-corrected chi connectivity index (χ3v) is 4.89. The molecule has 5 nitrogen and oxygen atoms in total. The summed E-state index contributed by atoms with van der Waals surface area (Å²) in [7, 11) is 0. The van der Waals surface area contributed by atoms with E-state index in [1.807, 2.05) is 24.3 Å². The normalized spacial score (nSPS) is 15.3. The number of rotatable bonds is 4. The van der Waals surface area contributed by atoms with Gasteiger partial charge >= 0.3 is 5.97 Å². The average Bonchev–Trinajstić information content (AvgIpc) is 2.68. The molecule has 2 aromatic carbocycles. The summed E-state index contributed by atoms with van der Waals surface area (Å²) in [6, 6.07) is 19.6. The second-order valence-electron chi connectivity index (χ2n) is 6.60. The minimum absolute atomic E-state index is 0.300. The molecule has 26 heavy (non-hydrogen) atoms. The molecule has 1 N–H and O–H groups in total. The van der Waals surface area contributed by atoms with E-state index in [2.05, 4.69) is 34.1 Å². The summed E-state index contributed by atoms with van der Waals surface area (Å²) < 4.78 is 0. The molecule has 132 valence electrons. The molecular formula is C21H21N3O2. The SMILES string of the molecule is O=C(O)c1cccc2nc(N3CCN(Cc4ccccc4)CC3)ccc12. The van der Waals surface area contributed by atoms with Crippen LogP contribution in [0.2, 0.25) is 0 Å². The Hall–Kier alpha value is -2.92. The predicted molar refractivity (Wildman–Crippen MR) is 103 cm³/mol. The van der Waals surface area contributed by atoms with Crippen molar-refractivity contribution in [1.29, 1.82) is 0 Å². The van der Waals surface area contributed by atoms with Crippen molar-refractivity contribution in [2.75, 3.05) is 31.1 Å². The molecule has 2 heterocycles. The van der Waals surface area contributed by atoms with Crippen molar-refractivity contribution < 1.29 is 9.90 Å². The molecule has 0 amide bonds. The molecule has 0 bridgehead atoms. The highest BCUT2D eigenvalue weighted by atomic mass is 16.4. The van der Waals surface area contributed by atoms with Gasteiger partial charge in [0.05, 0.1) is 11.1 Å². The smallest absolute Gasteiger partial charge is 0.336 e. The van der Waals surface area contributed by atoms with Crippen molar-refractivity contribution in [2.24, 2.45) is 0 Å². The Bertz CT molecular complexity index is 919. The molecular weight excluding hydrogens is 326 g/mol. The molecule has 0 spiro atoms. The zero-order valence-corrected chi connectivity index (χ0v) is 14.5. The molecule has 4 rings (SSSR count). The summed E-state index contributed by atoms with van der Waals surface area (Å²) in [5, 5.41) is 9.99. The first kappa shape index (κ1) is 16.5. The molecule has 0 atom stereocenters. The first-order chi connectivity index (χ1) is 12.7. The predicted octanol–water partition coefficient (Wildman–Crippen LogP) is 3.26. The van der Waals surface area contributed by atoms with Crippen LogP contribution >= 0.6 is 0 Å². The lowest BCUT2D eigenvalue weighted by Crippen LogP contribution is -2.46. The van der Waals surface area contributed by atoms with E-state index >= 15 is 0 Å². The van der Waals surface area contributed by atoms with E-state index < -0.39 is 5.97 Å². The number of hydrogen-bond acceptors (Lipinski definition) is 4. The zero-order valence-electron chi connectivity index (χ0n) is 14.5. The molecule has 1 saturated heterocycles. The average molecular weight is 347 g/mol. The number of pyridine rings is 1. The van der Waals surface area contributed by atoms with Crippen LogP contribution in [-0.2, 0) is 6.54 Å². The number of nitrogens with zero attached hydrogens (tertiary/aromatic N) is 3. The summed E-state index contributed by atoms with van der Waals surface area (Å²) in [5.74, 6) is -0.000855. The molecule has 0 radical (unpaired) electrons. The topological polar surface area (TPSA) is 56.7 Å². The summed E-state index contributed by atoms with van der Waals surface area (Å²) >= 11 is 0. The second-order valence-corrected chi connectivity index (χ2v) is 6.60. The minimum Gasteiger partial charge on any atom is -0.478 e. The quantitative estimate of drug-likeness (QED) is 0.785. The van der Waals surface area contributed by atoms with E-state index in [4.69, 9.17) is 4.98 Å². The monoisotopic (exact) mass is 347 g/mol. The Balaban J connectivity index is 1.47. The summed E-state index contributed by atoms with van der Waals surface area (Å²) in [6.45, 7) is 4.79. The lowest BCUT2D eigenvalue weighted by atomic mass is 10.1. The van der Waals surface area contributed by atoms with Crippen molar-refractivity contribution >= 4 is 22.7 Å². The van der Waals surface area contributed by atoms with E-state index in [0.717, 1.165) is 44.1 Å². The van der Waals surface area contributed by atoms with Crippen LogP contribution in [0.5, 0.6) is 0 Å². The fraction of sp³-hybridized carbons (Fsp3) is 0.238. The van der Waals surface area contributed by atoms with Crippen molar-refractivity contribution in [3.8, 4) is 0 Å². The third kappa shape index (κ3) is 3.39. The molecule has 0 saturated carbocycles. The number of carboxylic acids is 1. The Morgan fingerprint density at radius 1 is 0.923 bits per heavy atom. The van der Waals surface area contributed by atoms with E-state index in [9.17, 15) is 9.90 Å². The van der Waals surface area contributed by atoms with Gasteiger partial charge in [-0.15, -0.1) is 0 Å². The number of aromatic carboxylic acids is 1. The van der Waals surface area contributed by atoms with E-state index in [0.29, 0.717) is 10.9 Å². The summed E-state index contributed by atoms with van der Waals surface area (Å²) in [5.41, 5.74) is 2.37. The van der Waals surface area contributed by atoms with Crippen LogP contribution in [0, 0.1) is 0 Å². The molecule has 1 aliphatic heterocycles. The van der Waals surface area contributed by atoms with Crippen molar-refractivity contribution in [3.63, 3.8) is 0 Å². The van der Waals surface area contributed by atoms with Crippen LogP contribution in [0.1, 0.15) is 15.9 Å². The Labute approximate surface area is 152 Å². The lowest BCUT2D eigenvalue weighted by Gasteiger charge is -2.35.